The number of likely N-dealkylation sites (tertiary alicyclic amines) is 1. The summed E-state index contributed by atoms with van der Waals surface area (Å²) in [5.41, 5.74) is 4.27. The highest BCUT2D eigenvalue weighted by Crippen LogP contribution is 2.30. The third kappa shape index (κ3) is 4.27. The third-order valence-corrected chi connectivity index (χ3v) is 4.87. The Morgan fingerprint density at radius 1 is 1.12 bits per heavy atom. The second kappa shape index (κ2) is 8.28. The number of amides is 1. The number of hydrogen-bond acceptors (Lipinski definition) is 3. The molecule has 1 fully saturated rings. The highest BCUT2D eigenvalue weighted by Gasteiger charge is 2.19. The summed E-state index contributed by atoms with van der Waals surface area (Å²) in [6.07, 6.45) is 2.61. The number of benzene rings is 2. The molecular formula is C21H26N2O2. The van der Waals surface area contributed by atoms with Gasteiger partial charge in [0.1, 0.15) is 6.61 Å². The normalized spacial score (nSPS) is 15.9. The van der Waals surface area contributed by atoms with Crippen molar-refractivity contribution in [2.24, 2.45) is 0 Å². The maximum absolute atomic E-state index is 11.8. The Balaban J connectivity index is 1.79. The molecule has 0 aromatic heterocycles. The Labute approximate surface area is 149 Å². The molecule has 1 amide bonds. The molecule has 4 nitrogen and oxygen atoms in total. The van der Waals surface area contributed by atoms with Crippen molar-refractivity contribution in [3.63, 3.8) is 0 Å². The van der Waals surface area contributed by atoms with Crippen LogP contribution in [0.2, 0.25) is 0 Å². The summed E-state index contributed by atoms with van der Waals surface area (Å²) in [5, 5.41) is 2.92. The first-order valence-electron chi connectivity index (χ1n) is 8.91. The average Bonchev–Trinajstić information content (AvgIpc) is 3.17. The minimum Gasteiger partial charge on any atom is -0.375 e. The summed E-state index contributed by atoms with van der Waals surface area (Å²) in [7, 11) is 1.52. The zero-order chi connectivity index (χ0) is 17.6. The van der Waals surface area contributed by atoms with Crippen molar-refractivity contribution in [3.05, 3.63) is 54.1 Å². The minimum atomic E-state index is -0.144. The van der Waals surface area contributed by atoms with Crippen LogP contribution < -0.4 is 5.32 Å². The number of carbonyl (C=O) groups is 1. The van der Waals surface area contributed by atoms with Crippen molar-refractivity contribution < 1.29 is 9.53 Å². The van der Waals surface area contributed by atoms with E-state index in [-0.39, 0.29) is 12.5 Å². The first kappa shape index (κ1) is 17.6. The summed E-state index contributed by atoms with van der Waals surface area (Å²) in [6.45, 7) is 4.72. The molecule has 2 aromatic carbocycles. The van der Waals surface area contributed by atoms with Gasteiger partial charge in [-0.2, -0.15) is 0 Å². The van der Waals surface area contributed by atoms with E-state index in [9.17, 15) is 4.79 Å². The van der Waals surface area contributed by atoms with Crippen LogP contribution in [0.25, 0.3) is 11.1 Å². The number of carbonyl (C=O) groups excluding carboxylic acids is 1. The maximum atomic E-state index is 11.8. The van der Waals surface area contributed by atoms with E-state index in [0.29, 0.717) is 6.04 Å². The fraction of sp³-hybridized carbons (Fsp3) is 0.381. The molecular weight excluding hydrogens is 312 g/mol. The maximum Gasteiger partial charge on any atom is 0.250 e. The largest absolute Gasteiger partial charge is 0.375 e. The fourth-order valence-corrected chi connectivity index (χ4v) is 3.44. The summed E-state index contributed by atoms with van der Waals surface area (Å²) >= 11 is 0. The Bertz CT molecular complexity index is 706. The molecule has 0 bridgehead atoms. The van der Waals surface area contributed by atoms with Gasteiger partial charge in [0.05, 0.1) is 0 Å². The lowest BCUT2D eigenvalue weighted by atomic mass is 9.99. The average molecular weight is 338 g/mol. The molecule has 132 valence electrons. The Morgan fingerprint density at radius 2 is 1.80 bits per heavy atom. The lowest BCUT2D eigenvalue weighted by Gasteiger charge is -2.24. The van der Waals surface area contributed by atoms with Gasteiger partial charge in [-0.05, 0) is 50.0 Å². The van der Waals surface area contributed by atoms with E-state index >= 15 is 0 Å². The van der Waals surface area contributed by atoms with Crippen LogP contribution in [-0.2, 0) is 9.53 Å². The molecule has 1 N–H and O–H groups in total. The van der Waals surface area contributed by atoms with Crippen LogP contribution in [0, 0.1) is 0 Å². The van der Waals surface area contributed by atoms with Crippen LogP contribution in [0.15, 0.2) is 48.5 Å². The predicted octanol–water partition coefficient (Wildman–Crippen LogP) is 4.10. The highest BCUT2D eigenvalue weighted by atomic mass is 16.5. The molecule has 1 saturated heterocycles. The van der Waals surface area contributed by atoms with Crippen molar-refractivity contribution in [2.45, 2.75) is 25.8 Å². The van der Waals surface area contributed by atoms with Crippen molar-refractivity contribution in [3.8, 4) is 11.1 Å². The van der Waals surface area contributed by atoms with E-state index in [1.165, 1.54) is 38.6 Å². The second-order valence-corrected chi connectivity index (χ2v) is 6.57. The fourth-order valence-electron chi connectivity index (χ4n) is 3.44. The molecule has 0 unspecified atom stereocenters. The highest BCUT2D eigenvalue weighted by molar-refractivity contribution is 5.96. The number of ether oxygens (including phenoxy) is 1. The zero-order valence-corrected chi connectivity index (χ0v) is 15.0. The summed E-state index contributed by atoms with van der Waals surface area (Å²) in [4.78, 5) is 14.4. The van der Waals surface area contributed by atoms with Gasteiger partial charge in [0.2, 0.25) is 5.91 Å². The van der Waals surface area contributed by atoms with E-state index in [2.05, 4.69) is 41.4 Å². The van der Waals surface area contributed by atoms with E-state index in [0.717, 1.165) is 16.8 Å². The molecule has 0 radical (unpaired) electrons. The van der Waals surface area contributed by atoms with Gasteiger partial charge in [0.25, 0.3) is 0 Å². The smallest absolute Gasteiger partial charge is 0.250 e. The molecule has 1 heterocycles. The lowest BCUT2D eigenvalue weighted by Crippen LogP contribution is -2.23. The topological polar surface area (TPSA) is 41.6 Å². The Hall–Kier alpha value is -2.17. The molecule has 0 saturated carbocycles. The van der Waals surface area contributed by atoms with E-state index in [4.69, 9.17) is 4.74 Å². The zero-order valence-electron chi connectivity index (χ0n) is 15.0. The first-order chi connectivity index (χ1) is 12.2. The van der Waals surface area contributed by atoms with Gasteiger partial charge >= 0.3 is 0 Å². The van der Waals surface area contributed by atoms with Crippen molar-refractivity contribution >= 4 is 11.6 Å². The van der Waals surface area contributed by atoms with Gasteiger partial charge in [-0.25, -0.2) is 0 Å². The molecule has 1 aliphatic heterocycles. The van der Waals surface area contributed by atoms with Crippen LogP contribution in [0.5, 0.6) is 0 Å². The molecule has 1 aliphatic rings. The van der Waals surface area contributed by atoms with Crippen LogP contribution >= 0.6 is 0 Å². The quantitative estimate of drug-likeness (QED) is 0.862. The third-order valence-electron chi connectivity index (χ3n) is 4.87. The Morgan fingerprint density at radius 3 is 2.48 bits per heavy atom. The molecule has 0 spiro atoms. The van der Waals surface area contributed by atoms with Crippen LogP contribution in [0.4, 0.5) is 5.69 Å². The minimum absolute atomic E-state index is 0.0562. The van der Waals surface area contributed by atoms with Crippen LogP contribution in [-0.4, -0.2) is 37.6 Å². The first-order valence-corrected chi connectivity index (χ1v) is 8.91. The molecule has 0 aliphatic carbocycles. The molecule has 3 rings (SSSR count). The van der Waals surface area contributed by atoms with Gasteiger partial charge in [-0.1, -0.05) is 42.5 Å². The van der Waals surface area contributed by atoms with Gasteiger partial charge in [-0.3, -0.25) is 9.69 Å². The Kier molecular flexibility index (Phi) is 5.84. The van der Waals surface area contributed by atoms with Crippen molar-refractivity contribution in [1.29, 1.82) is 0 Å². The van der Waals surface area contributed by atoms with Crippen molar-refractivity contribution in [1.82, 2.24) is 4.90 Å². The van der Waals surface area contributed by atoms with Gasteiger partial charge in [0.15, 0.2) is 0 Å². The monoisotopic (exact) mass is 338 g/mol. The number of rotatable bonds is 6. The van der Waals surface area contributed by atoms with Gasteiger partial charge in [-0.15, -0.1) is 0 Å². The SMILES string of the molecule is COCC(=O)Nc1ccccc1-c1ccc([C@@H](C)N2CCCC2)cc1. The van der Waals surface area contributed by atoms with E-state index in [1.807, 2.05) is 24.3 Å². The number of nitrogens with zero attached hydrogens (tertiary/aromatic N) is 1. The predicted molar refractivity (Wildman–Crippen MR) is 102 cm³/mol. The second-order valence-electron chi connectivity index (χ2n) is 6.57. The molecule has 1 atom stereocenters. The van der Waals surface area contributed by atoms with Gasteiger partial charge < -0.3 is 10.1 Å². The lowest BCUT2D eigenvalue weighted by molar-refractivity contribution is -0.119. The number of anilines is 1. The standard InChI is InChI=1S/C21H26N2O2/c1-16(23-13-5-6-14-23)17-9-11-18(12-10-17)19-7-3-4-8-20(19)22-21(24)15-25-2/h3-4,7-12,16H,5-6,13-15H2,1-2H3,(H,22,24)/t16-/m1/s1. The van der Waals surface area contributed by atoms with Crippen LogP contribution in [0.3, 0.4) is 0 Å². The van der Waals surface area contributed by atoms with E-state index in [1.54, 1.807) is 0 Å². The van der Waals surface area contributed by atoms with Crippen molar-refractivity contribution in [2.75, 3.05) is 32.1 Å². The number of methoxy groups -OCH3 is 1. The van der Waals surface area contributed by atoms with Crippen LogP contribution in [0.1, 0.15) is 31.4 Å². The number of para-hydroxylation sites is 1. The summed E-state index contributed by atoms with van der Waals surface area (Å²) in [6, 6.07) is 17.0. The summed E-state index contributed by atoms with van der Waals surface area (Å²) < 4.78 is 4.90. The number of nitrogens with one attached hydrogen (secondary N) is 1. The molecule has 4 heteroatoms. The number of hydrogen-bond donors (Lipinski definition) is 1. The molecule has 25 heavy (non-hydrogen) atoms. The summed E-state index contributed by atoms with van der Waals surface area (Å²) in [5.74, 6) is -0.144. The van der Waals surface area contributed by atoms with E-state index < -0.39 is 0 Å². The van der Waals surface area contributed by atoms with Gasteiger partial charge in [0, 0.05) is 24.4 Å². The molecule has 2 aromatic rings.